The summed E-state index contributed by atoms with van der Waals surface area (Å²) in [5.41, 5.74) is 5.70. The van der Waals surface area contributed by atoms with Gasteiger partial charge in [-0.3, -0.25) is 9.69 Å². The van der Waals surface area contributed by atoms with Crippen molar-refractivity contribution in [1.29, 1.82) is 0 Å². The molecule has 0 radical (unpaired) electrons. The maximum atomic E-state index is 11.7. The lowest BCUT2D eigenvalue weighted by atomic mass is 9.99. The van der Waals surface area contributed by atoms with Crippen molar-refractivity contribution in [2.75, 3.05) is 39.8 Å². The molecule has 0 spiro atoms. The van der Waals surface area contributed by atoms with Crippen molar-refractivity contribution in [3.63, 3.8) is 0 Å². The Bertz CT molecular complexity index is 284. The number of likely N-dealkylation sites (tertiary alicyclic amines) is 2. The minimum Gasteiger partial charge on any atom is -0.468 e. The zero-order chi connectivity index (χ0) is 13.7. The van der Waals surface area contributed by atoms with Crippen molar-refractivity contribution in [2.45, 2.75) is 44.2 Å². The van der Waals surface area contributed by atoms with E-state index < -0.39 is 0 Å². The molecule has 2 fully saturated rings. The Hall–Kier alpha value is -0.650. The molecule has 19 heavy (non-hydrogen) atoms. The molecule has 0 aromatic rings. The van der Waals surface area contributed by atoms with Crippen molar-refractivity contribution in [3.05, 3.63) is 0 Å². The molecule has 5 nitrogen and oxygen atoms in total. The second-order valence-corrected chi connectivity index (χ2v) is 5.64. The molecule has 0 amide bonds. The van der Waals surface area contributed by atoms with Gasteiger partial charge in [-0.15, -0.1) is 0 Å². The number of hydrogen-bond acceptors (Lipinski definition) is 5. The number of ether oxygens (including phenoxy) is 1. The molecular weight excluding hydrogens is 242 g/mol. The van der Waals surface area contributed by atoms with Gasteiger partial charge in [0.1, 0.15) is 6.04 Å². The largest absolute Gasteiger partial charge is 0.468 e. The lowest BCUT2D eigenvalue weighted by Crippen LogP contribution is -2.53. The first-order chi connectivity index (χ1) is 9.26. The van der Waals surface area contributed by atoms with Gasteiger partial charge in [-0.2, -0.15) is 0 Å². The normalized spacial score (nSPS) is 25.2. The third kappa shape index (κ3) is 3.68. The average molecular weight is 269 g/mol. The first kappa shape index (κ1) is 14.8. The van der Waals surface area contributed by atoms with E-state index in [0.29, 0.717) is 12.6 Å². The fourth-order valence-corrected chi connectivity index (χ4v) is 3.38. The van der Waals surface area contributed by atoms with E-state index in [9.17, 15) is 4.79 Å². The SMILES string of the molecule is COC(=O)C(CN)N1CCC(N2CCCCC2)CC1. The Morgan fingerprint density at radius 2 is 1.84 bits per heavy atom. The Labute approximate surface area is 116 Å². The standard InChI is InChI=1S/C14H27N3O2/c1-19-14(18)13(11-15)17-9-5-12(6-10-17)16-7-3-2-4-8-16/h12-13H,2-11,15H2,1H3. The molecule has 2 aliphatic rings. The summed E-state index contributed by atoms with van der Waals surface area (Å²) in [4.78, 5) is 16.5. The first-order valence-corrected chi connectivity index (χ1v) is 7.52. The highest BCUT2D eigenvalue weighted by Gasteiger charge is 2.31. The molecule has 0 aliphatic carbocycles. The fraction of sp³-hybridized carbons (Fsp3) is 0.929. The van der Waals surface area contributed by atoms with Crippen LogP contribution in [0.25, 0.3) is 0 Å². The Balaban J connectivity index is 1.82. The minimum absolute atomic E-state index is 0.195. The van der Waals surface area contributed by atoms with Crippen LogP contribution in [0.3, 0.4) is 0 Å². The van der Waals surface area contributed by atoms with E-state index in [4.69, 9.17) is 10.5 Å². The monoisotopic (exact) mass is 269 g/mol. The predicted octanol–water partition coefficient (Wildman–Crippen LogP) is 0.437. The molecule has 5 heteroatoms. The zero-order valence-electron chi connectivity index (χ0n) is 12.0. The number of carbonyl (C=O) groups is 1. The smallest absolute Gasteiger partial charge is 0.324 e. The van der Waals surface area contributed by atoms with E-state index in [0.717, 1.165) is 25.9 Å². The first-order valence-electron chi connectivity index (χ1n) is 7.52. The lowest BCUT2D eigenvalue weighted by molar-refractivity contribution is -0.147. The molecule has 1 atom stereocenters. The number of piperidine rings is 2. The molecule has 2 N–H and O–H groups in total. The van der Waals surface area contributed by atoms with Gasteiger partial charge in [-0.25, -0.2) is 0 Å². The van der Waals surface area contributed by atoms with Crippen LogP contribution >= 0.6 is 0 Å². The third-order valence-electron chi connectivity index (χ3n) is 4.54. The zero-order valence-corrected chi connectivity index (χ0v) is 12.0. The topological polar surface area (TPSA) is 58.8 Å². The summed E-state index contributed by atoms with van der Waals surface area (Å²) in [5, 5.41) is 0. The summed E-state index contributed by atoms with van der Waals surface area (Å²) >= 11 is 0. The molecule has 0 aromatic carbocycles. The third-order valence-corrected chi connectivity index (χ3v) is 4.54. The number of methoxy groups -OCH3 is 1. The van der Waals surface area contributed by atoms with Crippen LogP contribution in [0, 0.1) is 0 Å². The lowest BCUT2D eigenvalue weighted by Gasteiger charge is -2.41. The van der Waals surface area contributed by atoms with Gasteiger partial charge < -0.3 is 15.4 Å². The maximum Gasteiger partial charge on any atom is 0.324 e. The predicted molar refractivity (Wildman–Crippen MR) is 74.9 cm³/mol. The van der Waals surface area contributed by atoms with Crippen LogP contribution in [0.2, 0.25) is 0 Å². The van der Waals surface area contributed by atoms with Crippen molar-refractivity contribution in [2.24, 2.45) is 5.73 Å². The highest BCUT2D eigenvalue weighted by Crippen LogP contribution is 2.22. The van der Waals surface area contributed by atoms with Crippen LogP contribution in [0.4, 0.5) is 0 Å². The van der Waals surface area contributed by atoms with Gasteiger partial charge in [0, 0.05) is 25.7 Å². The van der Waals surface area contributed by atoms with Gasteiger partial charge >= 0.3 is 5.97 Å². The summed E-state index contributed by atoms with van der Waals surface area (Å²) in [5.74, 6) is -0.195. The highest BCUT2D eigenvalue weighted by atomic mass is 16.5. The second-order valence-electron chi connectivity index (χ2n) is 5.64. The summed E-state index contributed by atoms with van der Waals surface area (Å²) in [6.45, 7) is 4.77. The number of nitrogens with zero attached hydrogens (tertiary/aromatic N) is 2. The molecule has 0 saturated carbocycles. The molecule has 2 aliphatic heterocycles. The summed E-state index contributed by atoms with van der Waals surface area (Å²) < 4.78 is 4.83. The fourth-order valence-electron chi connectivity index (χ4n) is 3.38. The van der Waals surface area contributed by atoms with E-state index in [1.807, 2.05) is 0 Å². The van der Waals surface area contributed by atoms with Gasteiger partial charge in [-0.1, -0.05) is 6.42 Å². The summed E-state index contributed by atoms with van der Waals surface area (Å²) in [6.07, 6.45) is 6.36. The molecule has 110 valence electrons. The van der Waals surface area contributed by atoms with E-state index in [1.54, 1.807) is 0 Å². The van der Waals surface area contributed by atoms with Crippen molar-refractivity contribution in [3.8, 4) is 0 Å². The highest BCUT2D eigenvalue weighted by molar-refractivity contribution is 5.75. The Morgan fingerprint density at radius 1 is 1.21 bits per heavy atom. The minimum atomic E-state index is -0.257. The van der Waals surface area contributed by atoms with E-state index in [-0.39, 0.29) is 12.0 Å². The van der Waals surface area contributed by atoms with Crippen molar-refractivity contribution in [1.82, 2.24) is 9.80 Å². The van der Waals surface area contributed by atoms with Crippen LogP contribution in [0.15, 0.2) is 0 Å². The van der Waals surface area contributed by atoms with Gasteiger partial charge in [0.05, 0.1) is 7.11 Å². The molecule has 1 unspecified atom stereocenters. The van der Waals surface area contributed by atoms with E-state index in [1.165, 1.54) is 39.5 Å². The molecular formula is C14H27N3O2. The number of carbonyl (C=O) groups excluding carboxylic acids is 1. The van der Waals surface area contributed by atoms with Crippen molar-refractivity contribution >= 4 is 5.97 Å². The Morgan fingerprint density at radius 3 is 2.37 bits per heavy atom. The number of hydrogen-bond donors (Lipinski definition) is 1. The van der Waals surface area contributed by atoms with Crippen LogP contribution in [0.5, 0.6) is 0 Å². The summed E-state index contributed by atoms with van der Waals surface area (Å²) in [7, 11) is 1.44. The number of rotatable bonds is 4. The van der Waals surface area contributed by atoms with Crippen LogP contribution in [-0.4, -0.2) is 67.7 Å². The molecule has 2 rings (SSSR count). The maximum absolute atomic E-state index is 11.7. The summed E-state index contributed by atoms with van der Waals surface area (Å²) in [6, 6.07) is 0.444. The number of nitrogens with two attached hydrogens (primary N) is 1. The average Bonchev–Trinajstić information content (AvgIpc) is 2.49. The molecule has 0 bridgehead atoms. The number of esters is 1. The van der Waals surface area contributed by atoms with E-state index in [2.05, 4.69) is 9.80 Å². The van der Waals surface area contributed by atoms with E-state index >= 15 is 0 Å². The van der Waals surface area contributed by atoms with Crippen LogP contribution in [-0.2, 0) is 9.53 Å². The van der Waals surface area contributed by atoms with Crippen LogP contribution in [0.1, 0.15) is 32.1 Å². The second kappa shape index (κ2) is 7.22. The molecule has 0 aromatic heterocycles. The molecule has 2 heterocycles. The van der Waals surface area contributed by atoms with Gasteiger partial charge in [0.2, 0.25) is 0 Å². The van der Waals surface area contributed by atoms with Crippen LogP contribution < -0.4 is 5.73 Å². The molecule has 2 saturated heterocycles. The van der Waals surface area contributed by atoms with Gasteiger partial charge in [0.25, 0.3) is 0 Å². The van der Waals surface area contributed by atoms with Gasteiger partial charge in [-0.05, 0) is 38.8 Å². The quantitative estimate of drug-likeness (QED) is 0.750. The van der Waals surface area contributed by atoms with Gasteiger partial charge in [0.15, 0.2) is 0 Å². The Kier molecular flexibility index (Phi) is 5.60. The van der Waals surface area contributed by atoms with Crippen molar-refractivity contribution < 1.29 is 9.53 Å².